The largest absolute Gasteiger partial charge is 0.504 e. The molecule has 0 aliphatic carbocycles. The highest BCUT2D eigenvalue weighted by atomic mass is 16.4. The number of aromatic hydroxyl groups is 2. The third-order valence-electron chi connectivity index (χ3n) is 3.66. The van der Waals surface area contributed by atoms with Crippen molar-refractivity contribution in [3.63, 3.8) is 0 Å². The Morgan fingerprint density at radius 3 is 2.72 bits per heavy atom. The lowest BCUT2D eigenvalue weighted by Gasteiger charge is -2.31. The molecule has 1 unspecified atom stereocenters. The number of carbonyl (C=O) groups is 1. The molecular formula is C13H17NO4. The molecule has 0 bridgehead atoms. The highest BCUT2D eigenvalue weighted by Crippen LogP contribution is 2.32. The third-order valence-corrected chi connectivity index (χ3v) is 3.66. The standard InChI is InChI=1S/C13H17NO4/c1-13(12(17)18)5-2-6-14(13)8-9-3-4-10(15)11(16)7-9/h3-4,7,15-16H,2,5-6,8H2,1H3,(H,17,18). The van der Waals surface area contributed by atoms with Gasteiger partial charge >= 0.3 is 5.97 Å². The van der Waals surface area contributed by atoms with Gasteiger partial charge in [0.15, 0.2) is 11.5 Å². The molecule has 18 heavy (non-hydrogen) atoms. The van der Waals surface area contributed by atoms with E-state index in [1.807, 2.05) is 4.90 Å². The van der Waals surface area contributed by atoms with Crippen molar-refractivity contribution in [3.05, 3.63) is 23.8 Å². The van der Waals surface area contributed by atoms with Gasteiger partial charge in [-0.15, -0.1) is 0 Å². The van der Waals surface area contributed by atoms with E-state index in [1.165, 1.54) is 12.1 Å². The number of likely N-dealkylation sites (tertiary alicyclic amines) is 1. The molecule has 98 valence electrons. The van der Waals surface area contributed by atoms with E-state index < -0.39 is 11.5 Å². The molecule has 1 heterocycles. The molecule has 1 fully saturated rings. The summed E-state index contributed by atoms with van der Waals surface area (Å²) in [7, 11) is 0. The van der Waals surface area contributed by atoms with Gasteiger partial charge in [0.2, 0.25) is 0 Å². The van der Waals surface area contributed by atoms with Gasteiger partial charge in [0.1, 0.15) is 5.54 Å². The lowest BCUT2D eigenvalue weighted by atomic mass is 9.99. The maximum Gasteiger partial charge on any atom is 0.323 e. The SMILES string of the molecule is CC1(C(=O)O)CCCN1Cc1ccc(O)c(O)c1. The zero-order valence-electron chi connectivity index (χ0n) is 10.3. The average Bonchev–Trinajstić information content (AvgIpc) is 2.67. The van der Waals surface area contributed by atoms with Crippen LogP contribution < -0.4 is 0 Å². The Kier molecular flexibility index (Phi) is 3.17. The van der Waals surface area contributed by atoms with Gasteiger partial charge in [-0.05, 0) is 44.0 Å². The van der Waals surface area contributed by atoms with Crippen molar-refractivity contribution in [3.8, 4) is 11.5 Å². The smallest absolute Gasteiger partial charge is 0.323 e. The molecule has 1 aliphatic rings. The monoisotopic (exact) mass is 251 g/mol. The van der Waals surface area contributed by atoms with E-state index in [1.54, 1.807) is 13.0 Å². The first-order valence-corrected chi connectivity index (χ1v) is 5.93. The molecule has 1 aromatic rings. The first-order valence-electron chi connectivity index (χ1n) is 5.93. The van der Waals surface area contributed by atoms with E-state index >= 15 is 0 Å². The molecule has 2 rings (SSSR count). The van der Waals surface area contributed by atoms with Crippen molar-refractivity contribution in [1.29, 1.82) is 0 Å². The summed E-state index contributed by atoms with van der Waals surface area (Å²) in [5, 5.41) is 28.0. The van der Waals surface area contributed by atoms with Crippen LogP contribution in [-0.4, -0.2) is 38.3 Å². The fourth-order valence-corrected chi connectivity index (χ4v) is 2.40. The predicted octanol–water partition coefficient (Wildman–Crippen LogP) is 1.54. The van der Waals surface area contributed by atoms with Crippen LogP contribution in [0.3, 0.4) is 0 Å². The van der Waals surface area contributed by atoms with Gasteiger partial charge in [-0.2, -0.15) is 0 Å². The van der Waals surface area contributed by atoms with Crippen LogP contribution >= 0.6 is 0 Å². The molecule has 0 amide bonds. The molecular weight excluding hydrogens is 234 g/mol. The Balaban J connectivity index is 2.18. The van der Waals surface area contributed by atoms with E-state index in [4.69, 9.17) is 0 Å². The van der Waals surface area contributed by atoms with Gasteiger partial charge < -0.3 is 15.3 Å². The molecule has 0 radical (unpaired) electrons. The van der Waals surface area contributed by atoms with Gasteiger partial charge in [0, 0.05) is 6.54 Å². The second-order valence-electron chi connectivity index (χ2n) is 4.93. The van der Waals surface area contributed by atoms with Crippen LogP contribution in [0.5, 0.6) is 11.5 Å². The minimum atomic E-state index is -0.840. The summed E-state index contributed by atoms with van der Waals surface area (Å²) in [5.41, 5.74) is -0.0484. The summed E-state index contributed by atoms with van der Waals surface area (Å²) in [4.78, 5) is 13.2. The van der Waals surface area contributed by atoms with E-state index in [0.29, 0.717) is 13.0 Å². The Morgan fingerprint density at radius 1 is 1.39 bits per heavy atom. The Labute approximate surface area is 105 Å². The number of hydrogen-bond donors (Lipinski definition) is 3. The molecule has 5 heteroatoms. The minimum Gasteiger partial charge on any atom is -0.504 e. The van der Waals surface area contributed by atoms with Gasteiger partial charge in [-0.3, -0.25) is 9.69 Å². The minimum absolute atomic E-state index is 0.166. The zero-order valence-corrected chi connectivity index (χ0v) is 10.3. The predicted molar refractivity (Wildman–Crippen MR) is 65.5 cm³/mol. The van der Waals surface area contributed by atoms with Crippen molar-refractivity contribution >= 4 is 5.97 Å². The topological polar surface area (TPSA) is 81.0 Å². The number of carboxylic acid groups (broad SMARTS) is 1. The molecule has 1 aromatic carbocycles. The molecule has 0 aromatic heterocycles. The second-order valence-corrected chi connectivity index (χ2v) is 4.93. The number of benzene rings is 1. The van der Waals surface area contributed by atoms with E-state index in [9.17, 15) is 20.1 Å². The van der Waals surface area contributed by atoms with Crippen LogP contribution in [0.15, 0.2) is 18.2 Å². The molecule has 1 saturated heterocycles. The molecule has 1 atom stereocenters. The Morgan fingerprint density at radius 2 is 2.11 bits per heavy atom. The van der Waals surface area contributed by atoms with Crippen molar-refractivity contribution < 1.29 is 20.1 Å². The summed E-state index contributed by atoms with van der Waals surface area (Å²) in [6.45, 7) is 2.91. The van der Waals surface area contributed by atoms with Crippen molar-refractivity contribution in [2.75, 3.05) is 6.54 Å². The van der Waals surface area contributed by atoms with E-state index in [-0.39, 0.29) is 11.5 Å². The highest BCUT2D eigenvalue weighted by molar-refractivity contribution is 5.78. The first kappa shape index (κ1) is 12.7. The summed E-state index contributed by atoms with van der Waals surface area (Å²) >= 11 is 0. The van der Waals surface area contributed by atoms with Crippen LogP contribution in [0.1, 0.15) is 25.3 Å². The van der Waals surface area contributed by atoms with E-state index in [2.05, 4.69) is 0 Å². The summed E-state index contributed by atoms with van der Waals surface area (Å²) in [6, 6.07) is 4.57. The van der Waals surface area contributed by atoms with Gasteiger partial charge in [-0.1, -0.05) is 6.07 Å². The number of nitrogens with zero attached hydrogens (tertiary/aromatic N) is 1. The number of phenols is 2. The number of carboxylic acids is 1. The van der Waals surface area contributed by atoms with E-state index in [0.717, 1.165) is 18.5 Å². The maximum atomic E-state index is 11.3. The van der Waals surface area contributed by atoms with Crippen molar-refractivity contribution in [2.45, 2.75) is 31.8 Å². The highest BCUT2D eigenvalue weighted by Gasteiger charge is 2.43. The van der Waals surface area contributed by atoms with Gasteiger partial charge in [0.05, 0.1) is 0 Å². The second kappa shape index (κ2) is 4.49. The lowest BCUT2D eigenvalue weighted by molar-refractivity contribution is -0.148. The normalized spacial score (nSPS) is 24.3. The fraction of sp³-hybridized carbons (Fsp3) is 0.462. The number of aliphatic carboxylic acids is 1. The quantitative estimate of drug-likeness (QED) is 0.710. The summed E-state index contributed by atoms with van der Waals surface area (Å²) in [5.74, 6) is -1.16. The lowest BCUT2D eigenvalue weighted by Crippen LogP contribution is -2.47. The maximum absolute atomic E-state index is 11.3. The van der Waals surface area contributed by atoms with Crippen LogP contribution in [0.25, 0.3) is 0 Å². The van der Waals surface area contributed by atoms with Crippen molar-refractivity contribution in [1.82, 2.24) is 4.90 Å². The van der Waals surface area contributed by atoms with Crippen LogP contribution in [0.2, 0.25) is 0 Å². The van der Waals surface area contributed by atoms with Gasteiger partial charge in [-0.25, -0.2) is 0 Å². The molecule has 1 aliphatic heterocycles. The third kappa shape index (κ3) is 2.13. The number of rotatable bonds is 3. The number of phenolic OH excluding ortho intramolecular Hbond substituents is 2. The fourth-order valence-electron chi connectivity index (χ4n) is 2.40. The Hall–Kier alpha value is -1.75. The molecule has 0 saturated carbocycles. The zero-order chi connectivity index (χ0) is 13.3. The molecule has 5 nitrogen and oxygen atoms in total. The van der Waals surface area contributed by atoms with Crippen LogP contribution in [0, 0.1) is 0 Å². The Bertz CT molecular complexity index is 474. The van der Waals surface area contributed by atoms with Crippen molar-refractivity contribution in [2.24, 2.45) is 0 Å². The first-order chi connectivity index (χ1) is 8.43. The molecule has 0 spiro atoms. The molecule has 3 N–H and O–H groups in total. The summed E-state index contributed by atoms with van der Waals surface area (Å²) < 4.78 is 0. The van der Waals surface area contributed by atoms with Gasteiger partial charge in [0.25, 0.3) is 0 Å². The average molecular weight is 251 g/mol. The number of hydrogen-bond acceptors (Lipinski definition) is 4. The van der Waals surface area contributed by atoms with Crippen LogP contribution in [-0.2, 0) is 11.3 Å². The summed E-state index contributed by atoms with van der Waals surface area (Å²) in [6.07, 6.45) is 1.49. The van der Waals surface area contributed by atoms with Crippen LogP contribution in [0.4, 0.5) is 0 Å².